The van der Waals surface area contributed by atoms with Crippen LogP contribution in [0.15, 0.2) is 29.2 Å². The minimum absolute atomic E-state index is 0.191. The lowest BCUT2D eigenvalue weighted by Gasteiger charge is -2.20. The zero-order valence-corrected chi connectivity index (χ0v) is 19.1. The Balaban J connectivity index is 1.57. The summed E-state index contributed by atoms with van der Waals surface area (Å²) in [6.45, 7) is -0.247. The summed E-state index contributed by atoms with van der Waals surface area (Å²) in [5.41, 5.74) is 2.76. The molecule has 0 aliphatic heterocycles. The van der Waals surface area contributed by atoms with Crippen molar-refractivity contribution in [2.24, 2.45) is 0 Å². The number of imidazole rings is 1. The van der Waals surface area contributed by atoms with E-state index in [4.69, 9.17) is 9.72 Å². The largest absolute Gasteiger partial charge is 0.474 e. The Bertz CT molecular complexity index is 942. The molecule has 7 heteroatoms. The van der Waals surface area contributed by atoms with Crippen molar-refractivity contribution in [3.05, 3.63) is 24.3 Å². The molecule has 0 bridgehead atoms. The van der Waals surface area contributed by atoms with Crippen molar-refractivity contribution in [1.82, 2.24) is 14.6 Å². The number of rotatable bonds is 6. The lowest BCUT2D eigenvalue weighted by atomic mass is 9.99. The summed E-state index contributed by atoms with van der Waals surface area (Å²) in [4.78, 5) is 5.72. The molecule has 6 nitrogen and oxygen atoms in total. The first kappa shape index (κ1) is 22.5. The van der Waals surface area contributed by atoms with Gasteiger partial charge in [-0.3, -0.25) is 5.10 Å². The normalized spacial score (nSPS) is 18.6. The van der Waals surface area contributed by atoms with E-state index in [-0.39, 0.29) is 12.7 Å². The van der Waals surface area contributed by atoms with E-state index in [9.17, 15) is 10.2 Å². The summed E-state index contributed by atoms with van der Waals surface area (Å²) >= 11 is 1.49. The molecule has 3 N–H and O–H groups in total. The van der Waals surface area contributed by atoms with Crippen molar-refractivity contribution < 1.29 is 14.9 Å². The Hall–Kier alpha value is -1.70. The maximum Gasteiger partial charge on any atom is 0.224 e. The third-order valence-corrected chi connectivity index (χ3v) is 7.36. The fourth-order valence-electron chi connectivity index (χ4n) is 4.40. The number of benzene rings is 1. The molecule has 31 heavy (non-hydrogen) atoms. The van der Waals surface area contributed by atoms with Crippen molar-refractivity contribution in [2.75, 3.05) is 12.4 Å². The summed E-state index contributed by atoms with van der Waals surface area (Å²) in [6, 6.07) is 8.04. The van der Waals surface area contributed by atoms with Gasteiger partial charge < -0.3 is 14.9 Å². The standard InChI is InChI=1S/C24H35N3O3S/c28-16-18(29)17-31-22-23-25-20-14-10-11-15-21(20)27(23)26-24(22)30-19-12-8-6-4-2-1-3-5-7-9-13-19/h10-11,14-15,18-19,26,28-29H,1-9,12-13,16-17H2. The second kappa shape index (κ2) is 11.2. The highest BCUT2D eigenvalue weighted by Gasteiger charge is 2.22. The van der Waals surface area contributed by atoms with E-state index in [0.29, 0.717) is 5.75 Å². The molecule has 0 radical (unpaired) electrons. The number of thioether (sulfide) groups is 1. The second-order valence-corrected chi connectivity index (χ2v) is 9.71. The first-order valence-electron chi connectivity index (χ1n) is 11.8. The number of nitrogens with one attached hydrogen (secondary N) is 1. The topological polar surface area (TPSA) is 82.8 Å². The van der Waals surface area contributed by atoms with Gasteiger partial charge in [-0.1, -0.05) is 57.1 Å². The van der Waals surface area contributed by atoms with Crippen molar-refractivity contribution in [1.29, 1.82) is 0 Å². The van der Waals surface area contributed by atoms with E-state index in [0.717, 1.165) is 40.3 Å². The first-order chi connectivity index (χ1) is 15.3. The van der Waals surface area contributed by atoms with Crippen LogP contribution in [0, 0.1) is 0 Å². The smallest absolute Gasteiger partial charge is 0.224 e. The number of aromatic nitrogens is 3. The number of fused-ring (bicyclic) bond motifs is 3. The fraction of sp³-hybridized carbons (Fsp3) is 0.625. The molecule has 1 atom stereocenters. The molecule has 1 aliphatic rings. The van der Waals surface area contributed by atoms with Crippen LogP contribution in [0.3, 0.4) is 0 Å². The highest BCUT2D eigenvalue weighted by Crippen LogP contribution is 2.36. The molecule has 0 saturated heterocycles. The Morgan fingerprint density at radius 1 is 1.03 bits per heavy atom. The zero-order valence-electron chi connectivity index (χ0n) is 18.3. The van der Waals surface area contributed by atoms with Crippen molar-refractivity contribution in [3.63, 3.8) is 0 Å². The molecule has 1 unspecified atom stereocenters. The molecule has 4 rings (SSSR count). The lowest BCUT2D eigenvalue weighted by Crippen LogP contribution is -2.18. The predicted molar refractivity (Wildman–Crippen MR) is 126 cm³/mol. The zero-order chi connectivity index (χ0) is 21.5. The molecule has 1 saturated carbocycles. The highest BCUT2D eigenvalue weighted by atomic mass is 32.2. The third kappa shape index (κ3) is 5.76. The van der Waals surface area contributed by atoms with Gasteiger partial charge in [0.15, 0.2) is 5.65 Å². The van der Waals surface area contributed by atoms with Gasteiger partial charge in [-0.15, -0.1) is 11.8 Å². The van der Waals surface area contributed by atoms with E-state index in [1.165, 1.54) is 69.5 Å². The fourth-order valence-corrected chi connectivity index (χ4v) is 5.35. The summed E-state index contributed by atoms with van der Waals surface area (Å²) in [6.07, 6.45) is 13.3. The number of para-hydroxylation sites is 2. The van der Waals surface area contributed by atoms with Gasteiger partial charge in [0.05, 0.1) is 23.7 Å². The molecule has 0 amide bonds. The number of hydrogen-bond acceptors (Lipinski definition) is 5. The first-order valence-corrected chi connectivity index (χ1v) is 12.8. The third-order valence-electron chi connectivity index (χ3n) is 6.15. The molecule has 2 heterocycles. The summed E-state index contributed by atoms with van der Waals surface area (Å²) in [7, 11) is 0. The van der Waals surface area contributed by atoms with E-state index in [1.54, 1.807) is 0 Å². The predicted octanol–water partition coefficient (Wildman–Crippen LogP) is 5.31. The van der Waals surface area contributed by atoms with Crippen LogP contribution in [0.2, 0.25) is 0 Å². The van der Waals surface area contributed by atoms with Crippen LogP contribution in [0.4, 0.5) is 0 Å². The molecule has 170 valence electrons. The molecule has 1 aromatic carbocycles. The van der Waals surface area contributed by atoms with E-state index in [1.807, 2.05) is 28.8 Å². The average Bonchev–Trinajstić information content (AvgIpc) is 3.29. The van der Waals surface area contributed by atoms with E-state index >= 15 is 0 Å². The molecule has 1 fully saturated rings. The van der Waals surface area contributed by atoms with Gasteiger partial charge in [0, 0.05) is 5.75 Å². The average molecular weight is 446 g/mol. The minimum atomic E-state index is -0.765. The Labute approximate surface area is 188 Å². The van der Waals surface area contributed by atoms with Crippen LogP contribution < -0.4 is 4.74 Å². The summed E-state index contributed by atoms with van der Waals surface area (Å²) in [5, 5.41) is 22.6. The second-order valence-electron chi connectivity index (χ2n) is 8.68. The number of ether oxygens (including phenoxy) is 1. The van der Waals surface area contributed by atoms with Crippen LogP contribution in [0.1, 0.15) is 70.6 Å². The van der Waals surface area contributed by atoms with Gasteiger partial charge in [-0.2, -0.15) is 0 Å². The Kier molecular flexibility index (Phi) is 8.16. The van der Waals surface area contributed by atoms with Gasteiger partial charge in [0.1, 0.15) is 11.0 Å². The monoisotopic (exact) mass is 445 g/mol. The van der Waals surface area contributed by atoms with E-state index < -0.39 is 6.10 Å². The minimum Gasteiger partial charge on any atom is -0.474 e. The maximum atomic E-state index is 9.91. The van der Waals surface area contributed by atoms with Gasteiger partial charge in [-0.25, -0.2) is 9.50 Å². The Morgan fingerprint density at radius 3 is 2.35 bits per heavy atom. The summed E-state index contributed by atoms with van der Waals surface area (Å²) in [5.74, 6) is 1.13. The number of hydrogen-bond donors (Lipinski definition) is 3. The SMILES string of the molecule is OCC(O)CSc1c(OC2CCCCCCCCCCC2)[nH]n2c1nc1ccccc12. The highest BCUT2D eigenvalue weighted by molar-refractivity contribution is 7.99. The molecule has 3 aromatic rings. The maximum absolute atomic E-state index is 9.91. The van der Waals surface area contributed by atoms with Crippen LogP contribution in [0.5, 0.6) is 5.88 Å². The molecular weight excluding hydrogens is 410 g/mol. The number of aromatic amines is 1. The van der Waals surface area contributed by atoms with Gasteiger partial charge in [0.2, 0.25) is 5.88 Å². The van der Waals surface area contributed by atoms with Crippen molar-refractivity contribution in [2.45, 2.75) is 87.7 Å². The number of H-pyrrole nitrogens is 1. The number of aliphatic hydroxyl groups excluding tert-OH is 2. The van der Waals surface area contributed by atoms with Crippen LogP contribution in [-0.4, -0.2) is 49.4 Å². The van der Waals surface area contributed by atoms with Crippen molar-refractivity contribution >= 4 is 28.4 Å². The van der Waals surface area contributed by atoms with Crippen LogP contribution >= 0.6 is 11.8 Å². The quantitative estimate of drug-likeness (QED) is 0.448. The van der Waals surface area contributed by atoms with Gasteiger partial charge in [-0.05, 0) is 37.8 Å². The molecule has 2 aromatic heterocycles. The number of nitrogens with zero attached hydrogens (tertiary/aromatic N) is 2. The van der Waals surface area contributed by atoms with Crippen LogP contribution in [-0.2, 0) is 0 Å². The van der Waals surface area contributed by atoms with Gasteiger partial charge in [0.25, 0.3) is 0 Å². The van der Waals surface area contributed by atoms with Gasteiger partial charge >= 0.3 is 0 Å². The Morgan fingerprint density at radius 2 is 1.68 bits per heavy atom. The molecular formula is C24H35N3O3S. The molecule has 1 aliphatic carbocycles. The van der Waals surface area contributed by atoms with Crippen molar-refractivity contribution in [3.8, 4) is 5.88 Å². The summed E-state index contributed by atoms with van der Waals surface area (Å²) < 4.78 is 8.55. The molecule has 0 spiro atoms. The number of aliphatic hydroxyl groups is 2. The van der Waals surface area contributed by atoms with Crippen LogP contribution in [0.25, 0.3) is 16.7 Å². The lowest BCUT2D eigenvalue weighted by molar-refractivity contribution is 0.113. The van der Waals surface area contributed by atoms with E-state index in [2.05, 4.69) is 5.10 Å².